The molecular formula is C25H26N4O4. The molecule has 2 unspecified atom stereocenters. The molecule has 170 valence electrons. The molecule has 2 aliphatic rings. The maximum atomic E-state index is 13.0. The minimum absolute atomic E-state index is 0.198. The van der Waals surface area contributed by atoms with Gasteiger partial charge in [-0.25, -0.2) is 5.01 Å². The minimum Gasteiger partial charge on any atom is -0.343 e. The van der Waals surface area contributed by atoms with E-state index in [1.807, 2.05) is 43.3 Å². The molecule has 0 aromatic heterocycles. The average Bonchev–Trinajstić information content (AvgIpc) is 2.85. The monoisotopic (exact) mass is 446 g/mol. The summed E-state index contributed by atoms with van der Waals surface area (Å²) < 4.78 is 0. The molecule has 33 heavy (non-hydrogen) atoms. The Kier molecular flexibility index (Phi) is 6.53. The Bertz CT molecular complexity index is 1130. The highest BCUT2D eigenvalue weighted by Gasteiger charge is 2.42. The summed E-state index contributed by atoms with van der Waals surface area (Å²) in [5, 5.41) is 6.63. The van der Waals surface area contributed by atoms with E-state index in [1.54, 1.807) is 18.2 Å². The number of rotatable bonds is 6. The lowest BCUT2D eigenvalue weighted by Gasteiger charge is -2.38. The van der Waals surface area contributed by atoms with Gasteiger partial charge < -0.3 is 10.6 Å². The van der Waals surface area contributed by atoms with E-state index in [4.69, 9.17) is 0 Å². The second kappa shape index (κ2) is 9.68. The lowest BCUT2D eigenvalue weighted by atomic mass is 9.80. The Hall–Kier alpha value is -3.94. The van der Waals surface area contributed by atoms with Gasteiger partial charge in [-0.2, -0.15) is 0 Å². The number of hydrogen-bond acceptors (Lipinski definition) is 4. The number of hydrazine groups is 1. The summed E-state index contributed by atoms with van der Waals surface area (Å²) in [6, 6.07) is 13.9. The summed E-state index contributed by atoms with van der Waals surface area (Å²) in [5.41, 5.74) is 5.06. The summed E-state index contributed by atoms with van der Waals surface area (Å²) in [6.45, 7) is 1.80. The summed E-state index contributed by atoms with van der Waals surface area (Å²) in [6.07, 6.45) is 5.68. The largest absolute Gasteiger partial charge is 0.343 e. The van der Waals surface area contributed by atoms with Crippen LogP contribution in [-0.2, 0) is 20.8 Å². The highest BCUT2D eigenvalue weighted by atomic mass is 16.2. The van der Waals surface area contributed by atoms with E-state index in [2.05, 4.69) is 16.1 Å². The Balaban J connectivity index is 1.40. The van der Waals surface area contributed by atoms with Gasteiger partial charge >= 0.3 is 0 Å². The van der Waals surface area contributed by atoms with Crippen LogP contribution < -0.4 is 21.1 Å². The quantitative estimate of drug-likeness (QED) is 0.593. The van der Waals surface area contributed by atoms with Crippen LogP contribution in [0.1, 0.15) is 35.7 Å². The molecule has 0 saturated carbocycles. The SMILES string of the molecule is CCc1ccccc1NC(=O)CNC(=O)c1cccc(N2NC(=O)C3CC=CCC3C2=O)c1. The number of hydrogen-bond donors (Lipinski definition) is 3. The van der Waals surface area contributed by atoms with Gasteiger partial charge in [0.15, 0.2) is 0 Å². The van der Waals surface area contributed by atoms with Crippen molar-refractivity contribution in [3.8, 4) is 0 Å². The minimum atomic E-state index is -0.454. The van der Waals surface area contributed by atoms with Crippen molar-refractivity contribution in [3.63, 3.8) is 0 Å². The number of fused-ring (bicyclic) bond motifs is 1. The molecule has 4 rings (SSSR count). The van der Waals surface area contributed by atoms with Crippen LogP contribution in [0.5, 0.6) is 0 Å². The topological polar surface area (TPSA) is 108 Å². The molecule has 0 radical (unpaired) electrons. The Morgan fingerprint density at radius 3 is 2.58 bits per heavy atom. The number of benzene rings is 2. The molecule has 2 atom stereocenters. The molecule has 8 nitrogen and oxygen atoms in total. The van der Waals surface area contributed by atoms with Gasteiger partial charge in [-0.1, -0.05) is 43.3 Å². The van der Waals surface area contributed by atoms with Crippen molar-refractivity contribution >= 4 is 35.0 Å². The van der Waals surface area contributed by atoms with E-state index in [9.17, 15) is 19.2 Å². The fourth-order valence-electron chi connectivity index (χ4n) is 4.18. The lowest BCUT2D eigenvalue weighted by molar-refractivity contribution is -0.139. The van der Waals surface area contributed by atoms with Crippen LogP contribution >= 0.6 is 0 Å². The fourth-order valence-corrected chi connectivity index (χ4v) is 4.18. The van der Waals surface area contributed by atoms with E-state index < -0.39 is 11.8 Å². The average molecular weight is 447 g/mol. The fraction of sp³-hybridized carbons (Fsp3) is 0.280. The van der Waals surface area contributed by atoms with E-state index in [1.165, 1.54) is 11.1 Å². The van der Waals surface area contributed by atoms with Crippen molar-refractivity contribution in [3.05, 3.63) is 71.8 Å². The maximum Gasteiger partial charge on any atom is 0.251 e. The van der Waals surface area contributed by atoms with Crippen molar-refractivity contribution in [2.75, 3.05) is 16.9 Å². The number of allylic oxidation sites excluding steroid dienone is 2. The normalized spacial score (nSPS) is 19.5. The first-order chi connectivity index (χ1) is 16.0. The molecule has 3 N–H and O–H groups in total. The van der Waals surface area contributed by atoms with Crippen LogP contribution in [0, 0.1) is 11.8 Å². The number of carbonyl (C=O) groups is 4. The number of nitrogens with zero attached hydrogens (tertiary/aromatic N) is 1. The maximum absolute atomic E-state index is 13.0. The zero-order valence-electron chi connectivity index (χ0n) is 18.3. The molecule has 4 amide bonds. The van der Waals surface area contributed by atoms with Crippen molar-refractivity contribution in [1.82, 2.24) is 10.7 Å². The van der Waals surface area contributed by atoms with Gasteiger partial charge in [0.2, 0.25) is 17.7 Å². The van der Waals surface area contributed by atoms with Crippen molar-refractivity contribution in [2.45, 2.75) is 26.2 Å². The molecule has 0 bridgehead atoms. The van der Waals surface area contributed by atoms with Crippen molar-refractivity contribution in [1.29, 1.82) is 0 Å². The molecule has 1 aliphatic heterocycles. The summed E-state index contributed by atoms with van der Waals surface area (Å²) in [5.74, 6) is -1.96. The summed E-state index contributed by atoms with van der Waals surface area (Å²) >= 11 is 0. The number of para-hydroxylation sites is 1. The van der Waals surface area contributed by atoms with E-state index >= 15 is 0 Å². The predicted octanol–water partition coefficient (Wildman–Crippen LogP) is 2.58. The van der Waals surface area contributed by atoms with Crippen LogP contribution in [-0.4, -0.2) is 30.2 Å². The van der Waals surface area contributed by atoms with Gasteiger partial charge in [0, 0.05) is 11.3 Å². The number of amides is 4. The first-order valence-corrected chi connectivity index (χ1v) is 11.0. The standard InChI is InChI=1S/C25H26N4O4/c1-2-16-8-3-6-13-21(16)27-22(30)15-26-23(31)17-9-7-10-18(14-17)29-25(33)20-12-5-4-11-19(20)24(32)28-29/h3-10,13-14,19-20H,2,11-12,15H2,1H3,(H,26,31)(H,27,30)(H,28,32). The van der Waals surface area contributed by atoms with Crippen LogP contribution in [0.25, 0.3) is 0 Å². The number of carbonyl (C=O) groups excluding carboxylic acids is 4. The predicted molar refractivity (Wildman–Crippen MR) is 124 cm³/mol. The van der Waals surface area contributed by atoms with E-state index in [0.717, 1.165) is 17.7 Å². The molecule has 2 aromatic rings. The Morgan fingerprint density at radius 2 is 1.79 bits per heavy atom. The van der Waals surface area contributed by atoms with Crippen LogP contribution in [0.15, 0.2) is 60.7 Å². The molecule has 1 saturated heterocycles. The van der Waals surface area contributed by atoms with Gasteiger partial charge in [-0.05, 0) is 49.1 Å². The third kappa shape index (κ3) is 4.79. The zero-order valence-corrected chi connectivity index (χ0v) is 18.3. The van der Waals surface area contributed by atoms with Crippen LogP contribution in [0.3, 0.4) is 0 Å². The molecule has 8 heteroatoms. The second-order valence-electron chi connectivity index (χ2n) is 8.10. The summed E-state index contributed by atoms with van der Waals surface area (Å²) in [4.78, 5) is 50.4. The van der Waals surface area contributed by atoms with Crippen LogP contribution in [0.4, 0.5) is 11.4 Å². The smallest absolute Gasteiger partial charge is 0.251 e. The van der Waals surface area contributed by atoms with E-state index in [-0.39, 0.29) is 35.7 Å². The highest BCUT2D eigenvalue weighted by Crippen LogP contribution is 2.32. The molecular weight excluding hydrogens is 420 g/mol. The van der Waals surface area contributed by atoms with Gasteiger partial charge in [-0.3, -0.25) is 24.6 Å². The van der Waals surface area contributed by atoms with Gasteiger partial charge in [0.1, 0.15) is 0 Å². The van der Waals surface area contributed by atoms with Gasteiger partial charge in [0.05, 0.1) is 24.1 Å². The van der Waals surface area contributed by atoms with Gasteiger partial charge in [0.25, 0.3) is 5.91 Å². The number of nitrogens with one attached hydrogen (secondary N) is 3. The number of aryl methyl sites for hydroxylation is 1. The highest BCUT2D eigenvalue weighted by molar-refractivity contribution is 6.05. The third-order valence-electron chi connectivity index (χ3n) is 5.98. The molecule has 1 aliphatic carbocycles. The summed E-state index contributed by atoms with van der Waals surface area (Å²) in [7, 11) is 0. The molecule has 2 aromatic carbocycles. The molecule has 1 heterocycles. The first-order valence-electron chi connectivity index (χ1n) is 11.0. The van der Waals surface area contributed by atoms with Crippen molar-refractivity contribution < 1.29 is 19.2 Å². The second-order valence-corrected chi connectivity index (χ2v) is 8.10. The van der Waals surface area contributed by atoms with Gasteiger partial charge in [-0.15, -0.1) is 0 Å². The lowest BCUT2D eigenvalue weighted by Crippen LogP contribution is -2.59. The van der Waals surface area contributed by atoms with Crippen molar-refractivity contribution in [2.24, 2.45) is 11.8 Å². The zero-order chi connectivity index (χ0) is 23.4. The molecule has 1 fully saturated rings. The first kappa shape index (κ1) is 22.3. The Morgan fingerprint density at radius 1 is 1.03 bits per heavy atom. The van der Waals surface area contributed by atoms with E-state index in [0.29, 0.717) is 18.5 Å². The third-order valence-corrected chi connectivity index (χ3v) is 5.98. The number of anilines is 2. The molecule has 0 spiro atoms. The van der Waals surface area contributed by atoms with Crippen LogP contribution in [0.2, 0.25) is 0 Å². The Labute approximate surface area is 192 Å².